The smallest absolute Gasteiger partial charge is 0.306 e. The van der Waals surface area contributed by atoms with Gasteiger partial charge in [0, 0.05) is 5.75 Å². The van der Waals surface area contributed by atoms with Crippen LogP contribution in [0.2, 0.25) is 0 Å². The minimum Gasteiger partial charge on any atom is -0.465 e. The number of hydrogen-bond acceptors (Lipinski definition) is 3. The molecule has 0 N–H and O–H groups in total. The molecule has 0 aliphatic rings. The van der Waals surface area contributed by atoms with E-state index in [1.807, 2.05) is 0 Å². The van der Waals surface area contributed by atoms with Crippen LogP contribution in [0.3, 0.4) is 0 Å². The average Bonchev–Trinajstić information content (AvgIpc) is 2.64. The maximum absolute atomic E-state index is 11.6. The van der Waals surface area contributed by atoms with E-state index in [-0.39, 0.29) is 5.97 Å². The summed E-state index contributed by atoms with van der Waals surface area (Å²) in [5.74, 6) is 1.06. The van der Waals surface area contributed by atoms with Gasteiger partial charge in [0.25, 0.3) is 0 Å². The summed E-state index contributed by atoms with van der Waals surface area (Å²) in [7, 11) is 0. The molecule has 0 aromatic carbocycles. The summed E-state index contributed by atoms with van der Waals surface area (Å²) in [5.41, 5.74) is 0. The largest absolute Gasteiger partial charge is 0.465 e. The summed E-state index contributed by atoms with van der Waals surface area (Å²) in [6.45, 7) is 5.16. The van der Waals surface area contributed by atoms with Crippen LogP contribution in [-0.2, 0) is 9.53 Å². The van der Waals surface area contributed by atoms with Gasteiger partial charge in [0.1, 0.15) is 0 Å². The number of ether oxygens (including phenoxy) is 1. The first-order valence-electron chi connectivity index (χ1n) is 11.5. The fourth-order valence-corrected chi connectivity index (χ4v) is 3.65. The van der Waals surface area contributed by atoms with Crippen LogP contribution in [0.15, 0.2) is 0 Å². The Hall–Kier alpha value is -0.180. The molecule has 0 aromatic rings. The molecular weight excluding hydrogens is 340 g/mol. The molecule has 0 rings (SSSR count). The molecule has 1 unspecified atom stereocenters. The lowest BCUT2D eigenvalue weighted by Crippen LogP contribution is -2.15. The Labute approximate surface area is 169 Å². The molecule has 1 atom stereocenters. The van der Waals surface area contributed by atoms with Crippen LogP contribution in [0.1, 0.15) is 123 Å². The van der Waals surface area contributed by atoms with Gasteiger partial charge in [-0.3, -0.25) is 4.79 Å². The second-order valence-electron chi connectivity index (χ2n) is 7.84. The molecule has 0 aromatic heterocycles. The summed E-state index contributed by atoms with van der Waals surface area (Å²) in [4.78, 5) is 11.6. The standard InChI is InChI=1S/C23H46O2S/c1-3-5-7-9-11-12-14-16-18-22(21-25-23(24)19-20-26)17-15-13-10-8-6-4-2/h22,26H,3-21H2,1-2H3. The number of carbonyl (C=O) groups is 1. The number of thiol groups is 1. The molecule has 156 valence electrons. The Balaban J connectivity index is 3.86. The summed E-state index contributed by atoms with van der Waals surface area (Å²) >= 11 is 4.11. The van der Waals surface area contributed by atoms with Gasteiger partial charge in [0.2, 0.25) is 0 Å². The second kappa shape index (κ2) is 21.1. The van der Waals surface area contributed by atoms with E-state index in [4.69, 9.17) is 4.74 Å². The van der Waals surface area contributed by atoms with Crippen LogP contribution in [-0.4, -0.2) is 18.3 Å². The summed E-state index contributed by atoms with van der Waals surface area (Å²) in [6.07, 6.45) is 21.8. The van der Waals surface area contributed by atoms with Gasteiger partial charge < -0.3 is 4.74 Å². The third-order valence-corrected chi connectivity index (χ3v) is 5.45. The van der Waals surface area contributed by atoms with Crippen molar-refractivity contribution in [2.45, 2.75) is 123 Å². The molecule has 2 nitrogen and oxygen atoms in total. The molecular formula is C23H46O2S. The topological polar surface area (TPSA) is 26.3 Å². The molecule has 0 saturated carbocycles. The van der Waals surface area contributed by atoms with Crippen molar-refractivity contribution >= 4 is 18.6 Å². The second-order valence-corrected chi connectivity index (χ2v) is 8.29. The first kappa shape index (κ1) is 25.8. The van der Waals surface area contributed by atoms with Crippen LogP contribution in [0.4, 0.5) is 0 Å². The van der Waals surface area contributed by atoms with E-state index in [0.717, 1.165) is 0 Å². The van der Waals surface area contributed by atoms with Crippen molar-refractivity contribution in [1.82, 2.24) is 0 Å². The molecule has 0 fully saturated rings. The highest BCUT2D eigenvalue weighted by molar-refractivity contribution is 7.80. The SMILES string of the molecule is CCCCCCCCCCC(CCCCCCCC)COC(=O)CCS. The number of carbonyl (C=O) groups excluding carboxylic acids is 1. The minimum atomic E-state index is -0.0798. The van der Waals surface area contributed by atoms with Crippen LogP contribution in [0.5, 0.6) is 0 Å². The number of rotatable bonds is 20. The molecule has 3 heteroatoms. The van der Waals surface area contributed by atoms with Crippen molar-refractivity contribution in [3.05, 3.63) is 0 Å². The van der Waals surface area contributed by atoms with Gasteiger partial charge in [0.05, 0.1) is 13.0 Å². The van der Waals surface area contributed by atoms with E-state index in [9.17, 15) is 4.79 Å². The van der Waals surface area contributed by atoms with Gasteiger partial charge in [-0.05, 0) is 18.8 Å². The van der Waals surface area contributed by atoms with E-state index < -0.39 is 0 Å². The van der Waals surface area contributed by atoms with E-state index >= 15 is 0 Å². The summed E-state index contributed by atoms with van der Waals surface area (Å²) < 4.78 is 5.47. The van der Waals surface area contributed by atoms with Crippen LogP contribution < -0.4 is 0 Å². The molecule has 26 heavy (non-hydrogen) atoms. The first-order valence-corrected chi connectivity index (χ1v) is 12.1. The van der Waals surface area contributed by atoms with Crippen molar-refractivity contribution in [3.63, 3.8) is 0 Å². The lowest BCUT2D eigenvalue weighted by Gasteiger charge is -2.17. The predicted molar refractivity (Wildman–Crippen MR) is 118 cm³/mol. The van der Waals surface area contributed by atoms with Crippen molar-refractivity contribution in [1.29, 1.82) is 0 Å². The van der Waals surface area contributed by atoms with E-state index in [1.54, 1.807) is 0 Å². The van der Waals surface area contributed by atoms with Crippen molar-refractivity contribution in [2.75, 3.05) is 12.4 Å². The Morgan fingerprint density at radius 2 is 1.15 bits per heavy atom. The molecule has 0 radical (unpaired) electrons. The lowest BCUT2D eigenvalue weighted by atomic mass is 9.94. The molecule has 0 heterocycles. The van der Waals surface area contributed by atoms with E-state index in [2.05, 4.69) is 26.5 Å². The highest BCUT2D eigenvalue weighted by Crippen LogP contribution is 2.20. The zero-order valence-corrected chi connectivity index (χ0v) is 18.7. The third-order valence-electron chi connectivity index (χ3n) is 5.23. The Morgan fingerprint density at radius 3 is 1.58 bits per heavy atom. The molecule has 0 spiro atoms. The Kier molecular flexibility index (Phi) is 21.0. The van der Waals surface area contributed by atoms with Crippen LogP contribution in [0.25, 0.3) is 0 Å². The first-order chi connectivity index (χ1) is 12.7. The van der Waals surface area contributed by atoms with Crippen molar-refractivity contribution in [2.24, 2.45) is 5.92 Å². The fourth-order valence-electron chi connectivity index (χ4n) is 3.47. The molecule has 0 amide bonds. The van der Waals surface area contributed by atoms with Crippen molar-refractivity contribution in [3.8, 4) is 0 Å². The van der Waals surface area contributed by atoms with Gasteiger partial charge in [-0.1, -0.05) is 104 Å². The van der Waals surface area contributed by atoms with Crippen molar-refractivity contribution < 1.29 is 9.53 Å². The van der Waals surface area contributed by atoms with Gasteiger partial charge in [-0.2, -0.15) is 12.6 Å². The fraction of sp³-hybridized carbons (Fsp3) is 0.957. The number of unbranched alkanes of at least 4 members (excludes halogenated alkanes) is 12. The van der Waals surface area contributed by atoms with Crippen LogP contribution >= 0.6 is 12.6 Å². The highest BCUT2D eigenvalue weighted by Gasteiger charge is 2.12. The molecule has 0 saturated heterocycles. The summed E-state index contributed by atoms with van der Waals surface area (Å²) in [6, 6.07) is 0. The molecule has 0 aliphatic heterocycles. The maximum Gasteiger partial charge on any atom is 0.306 e. The quantitative estimate of drug-likeness (QED) is 0.131. The van der Waals surface area contributed by atoms with Gasteiger partial charge in [-0.25, -0.2) is 0 Å². The maximum atomic E-state index is 11.6. The van der Waals surface area contributed by atoms with Gasteiger partial charge in [-0.15, -0.1) is 0 Å². The third kappa shape index (κ3) is 18.6. The monoisotopic (exact) mass is 386 g/mol. The number of hydrogen-bond donors (Lipinski definition) is 1. The molecule has 0 bridgehead atoms. The Bertz CT molecular complexity index is 294. The average molecular weight is 387 g/mol. The zero-order valence-electron chi connectivity index (χ0n) is 17.8. The van der Waals surface area contributed by atoms with E-state index in [0.29, 0.717) is 24.7 Å². The summed E-state index contributed by atoms with van der Waals surface area (Å²) in [5, 5.41) is 0. The Morgan fingerprint density at radius 1 is 0.731 bits per heavy atom. The van der Waals surface area contributed by atoms with Gasteiger partial charge >= 0.3 is 5.97 Å². The van der Waals surface area contributed by atoms with Crippen LogP contribution in [0, 0.1) is 5.92 Å². The predicted octanol–water partition coefficient (Wildman–Crippen LogP) is 7.75. The molecule has 0 aliphatic carbocycles. The highest BCUT2D eigenvalue weighted by atomic mass is 32.1. The zero-order chi connectivity index (χ0) is 19.3. The van der Waals surface area contributed by atoms with Gasteiger partial charge in [0.15, 0.2) is 0 Å². The lowest BCUT2D eigenvalue weighted by molar-refractivity contribution is -0.144. The minimum absolute atomic E-state index is 0.0798. The van der Waals surface area contributed by atoms with E-state index in [1.165, 1.54) is 103 Å². The normalized spacial score (nSPS) is 12.3. The number of esters is 1.